The van der Waals surface area contributed by atoms with Crippen molar-refractivity contribution in [3.8, 4) is 17.2 Å². The average molecular weight is 512 g/mol. The molecule has 0 saturated heterocycles. The smallest absolute Gasteiger partial charge is 0.255 e. The third kappa shape index (κ3) is 6.41. The fourth-order valence-corrected chi connectivity index (χ4v) is 5.03. The first kappa shape index (κ1) is 26.7. The van der Waals surface area contributed by atoms with Gasteiger partial charge in [0.2, 0.25) is 10.0 Å². The summed E-state index contributed by atoms with van der Waals surface area (Å²) in [5, 5.41) is 3.98. The lowest BCUT2D eigenvalue weighted by atomic mass is 10.2. The number of hydrogen-bond donors (Lipinski definition) is 1. The lowest BCUT2D eigenvalue weighted by Gasteiger charge is -2.22. The number of rotatable bonds is 11. The van der Waals surface area contributed by atoms with Crippen molar-refractivity contribution in [2.24, 2.45) is 5.10 Å². The summed E-state index contributed by atoms with van der Waals surface area (Å²) in [4.78, 5) is 12.8. The second-order valence-electron chi connectivity index (χ2n) is 7.77. The molecule has 0 bridgehead atoms. The Bertz CT molecular complexity index is 1330. The van der Waals surface area contributed by atoms with Gasteiger partial charge in [-0.3, -0.25) is 4.79 Å². The molecule has 3 aromatic carbocycles. The number of ether oxygens (including phenoxy) is 3. The van der Waals surface area contributed by atoms with Crippen LogP contribution in [0.4, 0.5) is 0 Å². The van der Waals surface area contributed by atoms with Crippen molar-refractivity contribution >= 4 is 22.1 Å². The van der Waals surface area contributed by atoms with Gasteiger partial charge in [-0.2, -0.15) is 9.41 Å². The maximum absolute atomic E-state index is 13.5. The van der Waals surface area contributed by atoms with Crippen molar-refractivity contribution in [1.29, 1.82) is 0 Å². The fraction of sp³-hybridized carbons (Fsp3) is 0.231. The molecule has 0 aliphatic carbocycles. The number of aryl methyl sites for hydroxylation is 1. The molecule has 0 unspecified atom stereocenters. The maximum Gasteiger partial charge on any atom is 0.255 e. The molecule has 10 heteroatoms. The van der Waals surface area contributed by atoms with Gasteiger partial charge >= 0.3 is 0 Å². The van der Waals surface area contributed by atoms with Crippen LogP contribution in [0, 0.1) is 6.92 Å². The predicted octanol–water partition coefficient (Wildman–Crippen LogP) is 3.36. The number of amides is 1. The monoisotopic (exact) mass is 511 g/mol. The standard InChI is InChI=1S/C26H29N3O6S/c1-19-15-22(13-14-23(19)33-2)36(31,32)29(17-20-9-6-5-7-10-20)18-25(30)28-27-16-21-11-8-12-24(34-3)26(21)35-4/h5-16H,17-18H2,1-4H3,(H,28,30)/b27-16+. The van der Waals surface area contributed by atoms with Crippen LogP contribution in [0.15, 0.2) is 76.7 Å². The average Bonchev–Trinajstić information content (AvgIpc) is 2.88. The second kappa shape index (κ2) is 12.2. The number of nitrogens with one attached hydrogen (secondary N) is 1. The van der Waals surface area contributed by atoms with Crippen molar-refractivity contribution in [3.05, 3.63) is 83.4 Å². The lowest BCUT2D eigenvalue weighted by Crippen LogP contribution is -2.39. The van der Waals surface area contributed by atoms with Crippen LogP contribution in [0.1, 0.15) is 16.7 Å². The van der Waals surface area contributed by atoms with Crippen LogP contribution < -0.4 is 19.6 Å². The minimum atomic E-state index is -4.01. The van der Waals surface area contributed by atoms with Crippen molar-refractivity contribution in [2.75, 3.05) is 27.9 Å². The van der Waals surface area contributed by atoms with Gasteiger partial charge in [0.05, 0.1) is 39.0 Å². The molecular weight excluding hydrogens is 482 g/mol. The zero-order valence-corrected chi connectivity index (χ0v) is 21.4. The fourth-order valence-electron chi connectivity index (χ4n) is 3.56. The van der Waals surface area contributed by atoms with E-state index in [1.165, 1.54) is 39.7 Å². The molecule has 36 heavy (non-hydrogen) atoms. The van der Waals surface area contributed by atoms with Crippen LogP contribution in [0.3, 0.4) is 0 Å². The molecule has 0 radical (unpaired) electrons. The number of hydrogen-bond acceptors (Lipinski definition) is 7. The van der Waals surface area contributed by atoms with E-state index in [-0.39, 0.29) is 11.4 Å². The van der Waals surface area contributed by atoms with Gasteiger partial charge in [-0.25, -0.2) is 13.8 Å². The highest BCUT2D eigenvalue weighted by atomic mass is 32.2. The summed E-state index contributed by atoms with van der Waals surface area (Å²) in [5.74, 6) is 0.949. The summed E-state index contributed by atoms with van der Waals surface area (Å²) >= 11 is 0. The summed E-state index contributed by atoms with van der Waals surface area (Å²) in [6.45, 7) is 1.33. The molecule has 1 amide bonds. The quantitative estimate of drug-likeness (QED) is 0.313. The number of methoxy groups -OCH3 is 3. The van der Waals surface area contributed by atoms with Gasteiger partial charge in [-0.1, -0.05) is 36.4 Å². The molecule has 0 atom stereocenters. The summed E-state index contributed by atoms with van der Waals surface area (Å²) in [7, 11) is 0.529. The number of carbonyl (C=O) groups is 1. The molecule has 0 aliphatic rings. The van der Waals surface area contributed by atoms with Gasteiger partial charge in [0, 0.05) is 12.1 Å². The van der Waals surface area contributed by atoms with E-state index >= 15 is 0 Å². The molecule has 190 valence electrons. The minimum Gasteiger partial charge on any atom is -0.496 e. The topological polar surface area (TPSA) is 107 Å². The molecule has 0 aromatic heterocycles. The molecule has 0 spiro atoms. The number of para-hydroxylation sites is 1. The van der Waals surface area contributed by atoms with Crippen molar-refractivity contribution in [2.45, 2.75) is 18.4 Å². The van der Waals surface area contributed by atoms with E-state index in [0.717, 1.165) is 9.87 Å². The van der Waals surface area contributed by atoms with E-state index in [0.29, 0.717) is 28.4 Å². The SMILES string of the molecule is COc1ccc(S(=O)(=O)N(CC(=O)N/N=C/c2cccc(OC)c2OC)Cc2ccccc2)cc1C. The molecule has 0 heterocycles. The van der Waals surface area contributed by atoms with Gasteiger partial charge in [-0.05, 0) is 48.4 Å². The van der Waals surface area contributed by atoms with Gasteiger partial charge < -0.3 is 14.2 Å². The normalized spacial score (nSPS) is 11.5. The summed E-state index contributed by atoms with van der Waals surface area (Å²) in [5.41, 5.74) is 4.39. The van der Waals surface area contributed by atoms with Crippen molar-refractivity contribution in [1.82, 2.24) is 9.73 Å². The van der Waals surface area contributed by atoms with E-state index in [1.807, 2.05) is 18.2 Å². The zero-order chi connectivity index (χ0) is 26.1. The highest BCUT2D eigenvalue weighted by Crippen LogP contribution is 2.29. The van der Waals surface area contributed by atoms with E-state index < -0.39 is 22.5 Å². The van der Waals surface area contributed by atoms with E-state index in [2.05, 4.69) is 10.5 Å². The number of benzene rings is 3. The van der Waals surface area contributed by atoms with E-state index in [4.69, 9.17) is 14.2 Å². The Kier molecular flexibility index (Phi) is 9.04. The van der Waals surface area contributed by atoms with Crippen molar-refractivity contribution in [3.63, 3.8) is 0 Å². The molecule has 3 aromatic rings. The summed E-state index contributed by atoms with van der Waals surface area (Å²) in [6.07, 6.45) is 1.40. The van der Waals surface area contributed by atoms with Gasteiger partial charge in [-0.15, -0.1) is 0 Å². The number of nitrogens with zero attached hydrogens (tertiary/aromatic N) is 2. The third-order valence-electron chi connectivity index (χ3n) is 5.35. The van der Waals surface area contributed by atoms with Crippen LogP contribution in [-0.2, 0) is 21.4 Å². The molecule has 1 N–H and O–H groups in total. The minimum absolute atomic E-state index is 0.00902. The molecule has 3 rings (SSSR count). The highest BCUT2D eigenvalue weighted by molar-refractivity contribution is 7.89. The van der Waals surface area contributed by atoms with Crippen LogP contribution in [0.2, 0.25) is 0 Å². The molecular formula is C26H29N3O6S. The molecule has 0 saturated carbocycles. The second-order valence-corrected chi connectivity index (χ2v) is 9.70. The van der Waals surface area contributed by atoms with Crippen LogP contribution in [0.5, 0.6) is 17.2 Å². The van der Waals surface area contributed by atoms with Crippen LogP contribution in [-0.4, -0.2) is 52.7 Å². The zero-order valence-electron chi connectivity index (χ0n) is 20.6. The Morgan fingerprint density at radius 3 is 2.31 bits per heavy atom. The van der Waals surface area contributed by atoms with E-state index in [9.17, 15) is 13.2 Å². The Morgan fingerprint density at radius 1 is 0.944 bits per heavy atom. The Morgan fingerprint density at radius 2 is 1.67 bits per heavy atom. The Balaban J connectivity index is 1.82. The number of sulfonamides is 1. The van der Waals surface area contributed by atoms with Gasteiger partial charge in [0.1, 0.15) is 5.75 Å². The largest absolute Gasteiger partial charge is 0.496 e. The first-order valence-electron chi connectivity index (χ1n) is 11.0. The van der Waals surface area contributed by atoms with Crippen LogP contribution >= 0.6 is 0 Å². The molecule has 9 nitrogen and oxygen atoms in total. The summed E-state index contributed by atoms with van der Waals surface area (Å²) in [6, 6.07) is 18.9. The number of carbonyl (C=O) groups excluding carboxylic acids is 1. The molecule has 0 aliphatic heterocycles. The maximum atomic E-state index is 13.5. The first-order valence-corrected chi connectivity index (χ1v) is 12.5. The van der Waals surface area contributed by atoms with Crippen molar-refractivity contribution < 1.29 is 27.4 Å². The van der Waals surface area contributed by atoms with Gasteiger partial charge in [0.15, 0.2) is 11.5 Å². The Hall–Kier alpha value is -3.89. The number of hydrazone groups is 1. The Labute approximate surface area is 211 Å². The third-order valence-corrected chi connectivity index (χ3v) is 7.14. The molecule has 0 fully saturated rings. The van der Waals surface area contributed by atoms with Crippen LogP contribution in [0.25, 0.3) is 0 Å². The predicted molar refractivity (Wildman–Crippen MR) is 137 cm³/mol. The van der Waals surface area contributed by atoms with Gasteiger partial charge in [0.25, 0.3) is 5.91 Å². The lowest BCUT2D eigenvalue weighted by molar-refractivity contribution is -0.121. The van der Waals surface area contributed by atoms with E-state index in [1.54, 1.807) is 43.3 Å². The first-order chi connectivity index (χ1) is 17.3. The summed E-state index contributed by atoms with van der Waals surface area (Å²) < 4.78 is 44.0. The highest BCUT2D eigenvalue weighted by Gasteiger charge is 2.27.